The lowest BCUT2D eigenvalue weighted by atomic mass is 9.86. The minimum Gasteiger partial charge on any atom is -0.338 e. The fourth-order valence-corrected chi connectivity index (χ4v) is 6.45. The van der Waals surface area contributed by atoms with Crippen molar-refractivity contribution < 1.29 is 9.59 Å². The molecule has 1 fully saturated rings. The van der Waals surface area contributed by atoms with Crippen molar-refractivity contribution in [1.82, 2.24) is 29.7 Å². The van der Waals surface area contributed by atoms with Gasteiger partial charge in [0.1, 0.15) is 26.9 Å². The first-order valence-electron chi connectivity index (χ1n) is 12.4. The smallest absolute Gasteiger partial charge is 0.273 e. The highest BCUT2D eigenvalue weighted by atomic mass is 32.1. The Bertz CT molecular complexity index is 1720. The lowest BCUT2D eigenvalue weighted by Gasteiger charge is -2.41. The third-order valence-electron chi connectivity index (χ3n) is 7.07. The maximum absolute atomic E-state index is 13.6. The van der Waals surface area contributed by atoms with Crippen molar-refractivity contribution in [3.05, 3.63) is 87.6 Å². The van der Waals surface area contributed by atoms with Crippen LogP contribution in [-0.4, -0.2) is 49.3 Å². The van der Waals surface area contributed by atoms with E-state index in [1.54, 1.807) is 16.5 Å². The zero-order valence-electron chi connectivity index (χ0n) is 21.1. The van der Waals surface area contributed by atoms with Crippen LogP contribution >= 0.6 is 22.7 Å². The molecule has 10 heteroatoms. The fraction of sp³-hybridized carbons (Fsp3) is 0.207. The molecule has 0 atom stereocenters. The van der Waals surface area contributed by atoms with Gasteiger partial charge in [0.05, 0.1) is 17.2 Å². The Hall–Kier alpha value is -4.33. The molecule has 2 aromatic carbocycles. The van der Waals surface area contributed by atoms with Gasteiger partial charge in [0, 0.05) is 31.1 Å². The van der Waals surface area contributed by atoms with Crippen LogP contribution in [0.2, 0.25) is 0 Å². The molecule has 194 valence electrons. The highest BCUT2D eigenvalue weighted by Crippen LogP contribution is 2.36. The van der Waals surface area contributed by atoms with Gasteiger partial charge in [-0.2, -0.15) is 0 Å². The van der Waals surface area contributed by atoms with Gasteiger partial charge in [0.25, 0.3) is 11.8 Å². The Morgan fingerprint density at radius 2 is 1.79 bits per heavy atom. The van der Waals surface area contributed by atoms with Gasteiger partial charge in [-0.25, -0.2) is 15.0 Å². The minimum atomic E-state index is -0.773. The first kappa shape index (κ1) is 25.0. The molecule has 0 bridgehead atoms. The zero-order valence-corrected chi connectivity index (χ0v) is 22.8. The molecule has 1 aliphatic heterocycles. The monoisotopic (exact) mass is 552 g/mol. The van der Waals surface area contributed by atoms with Crippen LogP contribution in [0.1, 0.15) is 43.8 Å². The molecule has 0 spiro atoms. The number of terminal acetylenes is 1. The Morgan fingerprint density at radius 1 is 1.05 bits per heavy atom. The molecule has 5 aromatic rings. The number of thiazole rings is 2. The van der Waals surface area contributed by atoms with Gasteiger partial charge in [-0.15, -0.1) is 29.1 Å². The van der Waals surface area contributed by atoms with Gasteiger partial charge >= 0.3 is 0 Å². The van der Waals surface area contributed by atoms with Gasteiger partial charge in [0.15, 0.2) is 5.01 Å². The minimum absolute atomic E-state index is 0.160. The number of para-hydroxylation sites is 2. The molecule has 0 unspecified atom stereocenters. The van der Waals surface area contributed by atoms with Gasteiger partial charge in [-0.1, -0.05) is 42.5 Å². The molecular formula is C29H24N6O2S2. The van der Waals surface area contributed by atoms with Crippen LogP contribution in [0.25, 0.3) is 21.6 Å². The molecule has 1 saturated heterocycles. The number of rotatable bonds is 5. The fourth-order valence-electron chi connectivity index (χ4n) is 5.04. The summed E-state index contributed by atoms with van der Waals surface area (Å²) >= 11 is 2.63. The molecule has 39 heavy (non-hydrogen) atoms. The standard InChI is InChI=1S/C29H24N6O2S2/c1-3-24-31-21(18-38-24)27(37)35-15-13-29(14-16-35,28-32-20-11-7-8-12-22(20)34(28)2)33-25(36)23-17-30-26(39-23)19-9-5-4-6-10-19/h1,4-12,17-18H,13-16H2,2H3,(H,33,36). The van der Waals surface area contributed by atoms with Gasteiger partial charge in [-0.05, 0) is 30.9 Å². The van der Waals surface area contributed by atoms with Crippen LogP contribution < -0.4 is 5.32 Å². The maximum Gasteiger partial charge on any atom is 0.273 e. The Morgan fingerprint density at radius 3 is 2.51 bits per heavy atom. The van der Waals surface area contributed by atoms with Gasteiger partial charge < -0.3 is 14.8 Å². The number of piperidine rings is 1. The number of benzene rings is 2. The number of likely N-dealkylation sites (tertiary alicyclic amines) is 1. The third kappa shape index (κ3) is 4.60. The zero-order chi connectivity index (χ0) is 27.0. The molecule has 0 radical (unpaired) electrons. The number of imidazole rings is 1. The number of fused-ring (bicyclic) bond motifs is 1. The average molecular weight is 553 g/mol. The van der Waals surface area contributed by atoms with E-state index in [0.717, 1.165) is 27.4 Å². The molecule has 4 heterocycles. The summed E-state index contributed by atoms with van der Waals surface area (Å²) in [6, 6.07) is 17.7. The van der Waals surface area contributed by atoms with E-state index in [4.69, 9.17) is 11.4 Å². The summed E-state index contributed by atoms with van der Waals surface area (Å²) in [5.74, 6) is 2.88. The van der Waals surface area contributed by atoms with Crippen molar-refractivity contribution in [3.63, 3.8) is 0 Å². The Kier molecular flexibility index (Phi) is 6.46. The van der Waals surface area contributed by atoms with Crippen molar-refractivity contribution in [1.29, 1.82) is 0 Å². The normalized spacial score (nSPS) is 14.7. The largest absolute Gasteiger partial charge is 0.338 e. The highest BCUT2D eigenvalue weighted by Gasteiger charge is 2.43. The molecular weight excluding hydrogens is 528 g/mol. The van der Waals surface area contributed by atoms with E-state index >= 15 is 0 Å². The highest BCUT2D eigenvalue weighted by molar-refractivity contribution is 7.16. The maximum atomic E-state index is 13.6. The van der Waals surface area contributed by atoms with E-state index in [1.165, 1.54) is 22.7 Å². The summed E-state index contributed by atoms with van der Waals surface area (Å²) in [6.07, 6.45) is 8.05. The van der Waals surface area contributed by atoms with Crippen molar-refractivity contribution in [2.24, 2.45) is 7.05 Å². The lowest BCUT2D eigenvalue weighted by Crippen LogP contribution is -2.55. The average Bonchev–Trinajstić information content (AvgIpc) is 3.73. The molecule has 6 rings (SSSR count). The lowest BCUT2D eigenvalue weighted by molar-refractivity contribution is 0.0597. The van der Waals surface area contributed by atoms with Crippen molar-refractivity contribution in [2.45, 2.75) is 18.4 Å². The third-order valence-corrected chi connectivity index (χ3v) is 8.89. The summed E-state index contributed by atoms with van der Waals surface area (Å²) in [5, 5.41) is 6.28. The predicted octanol–water partition coefficient (Wildman–Crippen LogP) is 4.70. The van der Waals surface area contributed by atoms with Crippen LogP contribution in [0.4, 0.5) is 0 Å². The summed E-state index contributed by atoms with van der Waals surface area (Å²) in [4.78, 5) is 42.8. The van der Waals surface area contributed by atoms with Crippen LogP contribution in [0, 0.1) is 12.3 Å². The van der Waals surface area contributed by atoms with Gasteiger partial charge in [0.2, 0.25) is 0 Å². The Labute approximate surface area is 233 Å². The van der Waals surface area contributed by atoms with Crippen molar-refractivity contribution >= 4 is 45.5 Å². The van der Waals surface area contributed by atoms with Crippen LogP contribution in [0.3, 0.4) is 0 Å². The van der Waals surface area contributed by atoms with Crippen LogP contribution in [0.15, 0.2) is 66.2 Å². The topological polar surface area (TPSA) is 93.0 Å². The van der Waals surface area contributed by atoms with E-state index in [9.17, 15) is 9.59 Å². The summed E-state index contributed by atoms with van der Waals surface area (Å²) < 4.78 is 2.04. The Balaban J connectivity index is 1.30. The van der Waals surface area contributed by atoms with Crippen LogP contribution in [0.5, 0.6) is 0 Å². The molecule has 0 saturated carbocycles. The summed E-state index contributed by atoms with van der Waals surface area (Å²) in [6.45, 7) is 0.867. The number of nitrogens with zero attached hydrogens (tertiary/aromatic N) is 5. The van der Waals surface area contributed by atoms with E-state index < -0.39 is 5.54 Å². The number of carbonyl (C=O) groups is 2. The van der Waals surface area contributed by atoms with E-state index in [1.807, 2.05) is 66.2 Å². The molecule has 3 aromatic heterocycles. The second-order valence-electron chi connectivity index (χ2n) is 9.39. The van der Waals surface area contributed by atoms with Crippen molar-refractivity contribution in [3.8, 4) is 22.9 Å². The number of hydrogen-bond acceptors (Lipinski definition) is 7. The van der Waals surface area contributed by atoms with E-state index in [2.05, 4.69) is 21.2 Å². The number of aryl methyl sites for hydroxylation is 1. The number of amides is 2. The van der Waals surface area contributed by atoms with E-state index in [0.29, 0.717) is 41.5 Å². The second kappa shape index (κ2) is 10.1. The number of aromatic nitrogens is 4. The predicted molar refractivity (Wildman–Crippen MR) is 153 cm³/mol. The van der Waals surface area contributed by atoms with Crippen LogP contribution in [-0.2, 0) is 12.6 Å². The molecule has 2 amide bonds. The molecule has 1 aliphatic rings. The second-order valence-corrected chi connectivity index (χ2v) is 11.3. The first-order valence-corrected chi connectivity index (χ1v) is 14.1. The summed E-state index contributed by atoms with van der Waals surface area (Å²) in [7, 11) is 1.97. The molecule has 1 N–H and O–H groups in total. The van der Waals surface area contributed by atoms with Gasteiger partial charge in [-0.3, -0.25) is 9.59 Å². The number of hydrogen-bond donors (Lipinski definition) is 1. The molecule has 8 nitrogen and oxygen atoms in total. The number of nitrogens with one attached hydrogen (secondary N) is 1. The summed E-state index contributed by atoms with van der Waals surface area (Å²) in [5.41, 5.74) is 2.38. The van der Waals surface area contributed by atoms with Crippen molar-refractivity contribution in [2.75, 3.05) is 13.1 Å². The quantitative estimate of drug-likeness (QED) is 0.319. The first-order chi connectivity index (χ1) is 19.0. The molecule has 0 aliphatic carbocycles. The number of carbonyl (C=O) groups excluding carboxylic acids is 2. The SMILES string of the molecule is C#Cc1nc(C(=O)N2CCC(NC(=O)c3cnc(-c4ccccc4)s3)(c3nc4ccccc4n3C)CC2)cs1. The van der Waals surface area contributed by atoms with E-state index in [-0.39, 0.29) is 11.8 Å².